The van der Waals surface area contributed by atoms with Gasteiger partial charge in [-0.1, -0.05) is 18.2 Å². The van der Waals surface area contributed by atoms with E-state index >= 15 is 0 Å². The summed E-state index contributed by atoms with van der Waals surface area (Å²) >= 11 is 0. The molecule has 1 unspecified atom stereocenters. The summed E-state index contributed by atoms with van der Waals surface area (Å²) in [6, 6.07) is 9.82. The Morgan fingerprint density at radius 1 is 1.00 bits per heavy atom. The van der Waals surface area contributed by atoms with Crippen LogP contribution in [-0.2, 0) is 9.53 Å². The first-order chi connectivity index (χ1) is 20.1. The lowest BCUT2D eigenvalue weighted by Crippen LogP contribution is -2.55. The third kappa shape index (κ3) is 6.47. The molecule has 2 aromatic rings. The monoisotopic (exact) mass is 580 g/mol. The highest BCUT2D eigenvalue weighted by Crippen LogP contribution is 2.36. The number of piperazine rings is 1. The van der Waals surface area contributed by atoms with Crippen molar-refractivity contribution in [2.24, 2.45) is 0 Å². The van der Waals surface area contributed by atoms with Crippen LogP contribution in [0.3, 0.4) is 0 Å². The Balaban J connectivity index is 1.24. The number of hydrogen-bond donors (Lipinski definition) is 2. The average molecular weight is 581 g/mol. The normalized spacial score (nSPS) is 23.6. The summed E-state index contributed by atoms with van der Waals surface area (Å²) in [5.41, 5.74) is 0.746. The summed E-state index contributed by atoms with van der Waals surface area (Å²) in [7, 11) is 1.56. The number of carbonyl (C=O) groups excluding carboxylic acids is 3. The van der Waals surface area contributed by atoms with Crippen molar-refractivity contribution < 1.29 is 19.1 Å². The molecule has 0 spiro atoms. The minimum atomic E-state index is -0.445. The molecule has 42 heavy (non-hydrogen) atoms. The summed E-state index contributed by atoms with van der Waals surface area (Å²) < 4.78 is 7.51. The zero-order valence-corrected chi connectivity index (χ0v) is 25.2. The summed E-state index contributed by atoms with van der Waals surface area (Å²) in [6.07, 6.45) is 2.87. The number of benzene rings is 1. The van der Waals surface area contributed by atoms with Crippen LogP contribution in [0.5, 0.6) is 0 Å². The second-order valence-electron chi connectivity index (χ2n) is 12.2. The molecule has 4 heterocycles. The van der Waals surface area contributed by atoms with Crippen molar-refractivity contribution in [2.45, 2.75) is 76.7 Å². The van der Waals surface area contributed by atoms with Crippen LogP contribution in [0.4, 0.5) is 4.79 Å². The lowest BCUT2D eigenvalue weighted by atomic mass is 9.96. The standard InChI is InChI=1S/C31H44N6O5/c1-20(2)37-28-8-6-5-7-22(28)15-27(30(37)40)29(39)33-23-16-24-9-10-25(17-23)36(24)19-26(42-31(41)32-4)18-34-11-13-35(14-12-34)21(3)38/h5-8,15,20,23-26H,9-14,16-19H2,1-4H3,(H,32,41)(H,33,39)/t23-,24-,25+,26?. The van der Waals surface area contributed by atoms with E-state index in [9.17, 15) is 19.2 Å². The van der Waals surface area contributed by atoms with Gasteiger partial charge in [-0.05, 0) is 57.0 Å². The Morgan fingerprint density at radius 2 is 1.67 bits per heavy atom. The fraction of sp³-hybridized carbons (Fsp3) is 0.613. The van der Waals surface area contributed by atoms with Crippen LogP contribution in [0.25, 0.3) is 10.9 Å². The van der Waals surface area contributed by atoms with Crippen LogP contribution >= 0.6 is 0 Å². The van der Waals surface area contributed by atoms with Gasteiger partial charge in [0.2, 0.25) is 5.91 Å². The number of amides is 3. The molecule has 1 aromatic carbocycles. The smallest absolute Gasteiger partial charge is 0.407 e. The van der Waals surface area contributed by atoms with E-state index in [0.29, 0.717) is 26.2 Å². The largest absolute Gasteiger partial charge is 0.444 e. The van der Waals surface area contributed by atoms with Crippen molar-refractivity contribution in [1.29, 1.82) is 0 Å². The van der Waals surface area contributed by atoms with E-state index in [4.69, 9.17) is 4.74 Å². The van der Waals surface area contributed by atoms with E-state index < -0.39 is 6.09 Å². The molecule has 3 fully saturated rings. The Bertz CT molecular complexity index is 1350. The summed E-state index contributed by atoms with van der Waals surface area (Å²) in [5.74, 6) is -0.228. The van der Waals surface area contributed by atoms with Crippen LogP contribution in [0.15, 0.2) is 35.1 Å². The number of para-hydroxylation sites is 1. The van der Waals surface area contributed by atoms with Gasteiger partial charge < -0.3 is 24.8 Å². The number of nitrogens with zero attached hydrogens (tertiary/aromatic N) is 4. The maximum atomic E-state index is 13.5. The third-order valence-electron chi connectivity index (χ3n) is 9.10. The van der Waals surface area contributed by atoms with Crippen molar-refractivity contribution in [2.75, 3.05) is 46.3 Å². The summed E-state index contributed by atoms with van der Waals surface area (Å²) in [4.78, 5) is 57.3. The number of alkyl carbamates (subject to hydrolysis) is 1. The lowest BCUT2D eigenvalue weighted by Gasteiger charge is -2.42. The molecule has 228 valence electrons. The molecule has 3 aliphatic rings. The van der Waals surface area contributed by atoms with Gasteiger partial charge in [0.05, 0.1) is 5.52 Å². The molecule has 0 saturated carbocycles. The first-order valence-corrected chi connectivity index (χ1v) is 15.2. The number of pyridine rings is 1. The highest BCUT2D eigenvalue weighted by Gasteiger charge is 2.42. The molecule has 2 N–H and O–H groups in total. The molecule has 3 amide bonds. The van der Waals surface area contributed by atoms with E-state index in [1.54, 1.807) is 24.6 Å². The van der Waals surface area contributed by atoms with Gasteiger partial charge in [0.1, 0.15) is 11.7 Å². The third-order valence-corrected chi connectivity index (χ3v) is 9.10. The second kappa shape index (κ2) is 12.8. The lowest BCUT2D eigenvalue weighted by molar-refractivity contribution is -0.130. The van der Waals surface area contributed by atoms with Crippen molar-refractivity contribution in [3.8, 4) is 0 Å². The molecule has 0 radical (unpaired) electrons. The number of carbonyl (C=O) groups is 3. The highest BCUT2D eigenvalue weighted by molar-refractivity contribution is 5.97. The molecule has 11 nitrogen and oxygen atoms in total. The van der Waals surface area contributed by atoms with E-state index in [1.165, 1.54) is 0 Å². The Kier molecular flexibility index (Phi) is 9.17. The van der Waals surface area contributed by atoms with Gasteiger partial charge in [0, 0.05) is 77.4 Å². The quantitative estimate of drug-likeness (QED) is 0.492. The van der Waals surface area contributed by atoms with Crippen molar-refractivity contribution in [3.63, 3.8) is 0 Å². The Morgan fingerprint density at radius 3 is 2.29 bits per heavy atom. The van der Waals surface area contributed by atoms with Gasteiger partial charge in [-0.3, -0.25) is 24.2 Å². The predicted molar refractivity (Wildman–Crippen MR) is 161 cm³/mol. The molecular weight excluding hydrogens is 536 g/mol. The molecule has 1 aromatic heterocycles. The van der Waals surface area contributed by atoms with E-state index in [0.717, 1.165) is 49.7 Å². The fourth-order valence-electron chi connectivity index (χ4n) is 7.03. The number of rotatable bonds is 8. The van der Waals surface area contributed by atoms with Gasteiger partial charge in [-0.15, -0.1) is 0 Å². The average Bonchev–Trinajstić information content (AvgIpc) is 3.18. The SMILES string of the molecule is CNC(=O)OC(CN1CCN(C(C)=O)CC1)CN1[C@@H]2CC[C@H]1C[C@H](NC(=O)c1cc3ccccc3n(C(C)C)c1=O)C2. The second-order valence-corrected chi connectivity index (χ2v) is 12.2. The number of fused-ring (bicyclic) bond motifs is 3. The van der Waals surface area contributed by atoms with Gasteiger partial charge in [-0.2, -0.15) is 0 Å². The number of nitrogens with one attached hydrogen (secondary N) is 2. The van der Waals surface area contributed by atoms with Gasteiger partial charge in [0.25, 0.3) is 11.5 Å². The van der Waals surface area contributed by atoms with Gasteiger partial charge >= 0.3 is 6.09 Å². The molecular formula is C31H44N6O5. The minimum Gasteiger partial charge on any atom is -0.444 e. The van der Waals surface area contributed by atoms with E-state index in [-0.39, 0.29) is 53.2 Å². The van der Waals surface area contributed by atoms with Crippen molar-refractivity contribution in [1.82, 2.24) is 29.9 Å². The maximum absolute atomic E-state index is 13.5. The molecule has 3 aliphatic heterocycles. The number of hydrogen-bond acceptors (Lipinski definition) is 7. The zero-order valence-electron chi connectivity index (χ0n) is 25.2. The van der Waals surface area contributed by atoms with Crippen LogP contribution in [0.1, 0.15) is 62.9 Å². The Labute approximate surface area is 247 Å². The zero-order chi connectivity index (χ0) is 30.0. The number of ether oxygens (including phenoxy) is 1. The molecule has 2 bridgehead atoms. The maximum Gasteiger partial charge on any atom is 0.407 e. The summed E-state index contributed by atoms with van der Waals surface area (Å²) in [6.45, 7) is 9.60. The topological polar surface area (TPSA) is 116 Å². The van der Waals surface area contributed by atoms with Crippen LogP contribution in [0, 0.1) is 0 Å². The minimum absolute atomic E-state index is 0.0254. The number of aromatic nitrogens is 1. The van der Waals surface area contributed by atoms with E-state index in [2.05, 4.69) is 20.4 Å². The fourth-order valence-corrected chi connectivity index (χ4v) is 7.03. The van der Waals surface area contributed by atoms with Crippen LogP contribution in [0.2, 0.25) is 0 Å². The molecule has 4 atom stereocenters. The van der Waals surface area contributed by atoms with Crippen molar-refractivity contribution in [3.05, 3.63) is 46.2 Å². The summed E-state index contributed by atoms with van der Waals surface area (Å²) in [5, 5.41) is 6.63. The molecule has 3 saturated heterocycles. The Hall–Kier alpha value is -3.44. The first kappa shape index (κ1) is 30.0. The van der Waals surface area contributed by atoms with Crippen LogP contribution in [-0.4, -0.2) is 108 Å². The molecule has 5 rings (SSSR count). The molecule has 0 aliphatic carbocycles. The predicted octanol–water partition coefficient (Wildman–Crippen LogP) is 2.20. The van der Waals surface area contributed by atoms with E-state index in [1.807, 2.05) is 43.0 Å². The highest BCUT2D eigenvalue weighted by atomic mass is 16.6. The molecule has 11 heteroatoms. The first-order valence-electron chi connectivity index (χ1n) is 15.2. The van der Waals surface area contributed by atoms with Crippen molar-refractivity contribution >= 4 is 28.8 Å². The van der Waals surface area contributed by atoms with Gasteiger partial charge in [0.15, 0.2) is 0 Å². The van der Waals surface area contributed by atoms with Crippen LogP contribution < -0.4 is 16.2 Å². The number of piperidine rings is 1. The van der Waals surface area contributed by atoms with Gasteiger partial charge in [-0.25, -0.2) is 4.79 Å².